The molecule has 0 unspecified atom stereocenters. The zero-order valence-corrected chi connectivity index (χ0v) is 12.1. The Labute approximate surface area is 127 Å². The molecule has 0 atom stereocenters. The molecule has 1 aromatic carbocycles. The van der Waals surface area contributed by atoms with Gasteiger partial charge in [0.2, 0.25) is 0 Å². The number of fused-ring (bicyclic) bond motifs is 1. The van der Waals surface area contributed by atoms with Gasteiger partial charge < -0.3 is 9.47 Å². The summed E-state index contributed by atoms with van der Waals surface area (Å²) in [5.41, 5.74) is 1.03. The van der Waals surface area contributed by atoms with E-state index in [1.165, 1.54) is 6.07 Å². The van der Waals surface area contributed by atoms with Crippen molar-refractivity contribution in [1.82, 2.24) is 0 Å². The summed E-state index contributed by atoms with van der Waals surface area (Å²) in [6.45, 7) is 1.60. The highest BCUT2D eigenvalue weighted by Crippen LogP contribution is 2.31. The second-order valence-electron chi connectivity index (χ2n) is 5.00. The number of pyridine rings is 1. The first-order chi connectivity index (χ1) is 10.6. The normalized spacial score (nSPS) is 12.8. The highest BCUT2D eigenvalue weighted by molar-refractivity contribution is 5.53. The van der Waals surface area contributed by atoms with Crippen LogP contribution in [-0.2, 0) is 6.54 Å². The second kappa shape index (κ2) is 5.88. The van der Waals surface area contributed by atoms with E-state index in [1.807, 2.05) is 18.2 Å². The second-order valence-corrected chi connectivity index (χ2v) is 5.00. The number of benzene rings is 1. The number of ether oxygens (including phenoxy) is 2. The third kappa shape index (κ3) is 2.78. The van der Waals surface area contributed by atoms with Crippen molar-refractivity contribution >= 4 is 11.5 Å². The molecule has 2 aromatic rings. The maximum atomic E-state index is 11.1. The molecule has 1 aromatic heterocycles. The number of rotatable bonds is 4. The van der Waals surface area contributed by atoms with Crippen LogP contribution in [0.3, 0.4) is 0 Å². The van der Waals surface area contributed by atoms with Gasteiger partial charge >= 0.3 is 11.5 Å². The van der Waals surface area contributed by atoms with E-state index in [9.17, 15) is 10.1 Å². The Morgan fingerprint density at radius 2 is 2.05 bits per heavy atom. The van der Waals surface area contributed by atoms with E-state index < -0.39 is 4.92 Å². The van der Waals surface area contributed by atoms with Gasteiger partial charge in [0.1, 0.15) is 19.8 Å². The molecule has 7 heteroatoms. The van der Waals surface area contributed by atoms with Crippen LogP contribution in [0.2, 0.25) is 0 Å². The summed E-state index contributed by atoms with van der Waals surface area (Å²) < 4.78 is 11.0. The maximum absolute atomic E-state index is 11.1. The molecule has 0 fully saturated rings. The van der Waals surface area contributed by atoms with Gasteiger partial charge in [0.25, 0.3) is 0 Å². The van der Waals surface area contributed by atoms with Gasteiger partial charge in [-0.1, -0.05) is 6.07 Å². The van der Waals surface area contributed by atoms with Crippen molar-refractivity contribution in [3.05, 3.63) is 52.2 Å². The minimum atomic E-state index is -0.397. The monoisotopic (exact) mass is 302 g/mol. The molecule has 1 N–H and O–H groups in total. The van der Waals surface area contributed by atoms with Crippen LogP contribution in [0.25, 0.3) is 0 Å². The van der Waals surface area contributed by atoms with Gasteiger partial charge in [-0.25, -0.2) is 4.98 Å². The smallest absolute Gasteiger partial charge is 0.357 e. The van der Waals surface area contributed by atoms with Crippen LogP contribution in [0.4, 0.5) is 11.5 Å². The quantitative estimate of drug-likeness (QED) is 0.636. The molecular formula is C15H16N3O4+. The topological polar surface area (TPSA) is 79.0 Å². The number of nitro groups is 1. The van der Waals surface area contributed by atoms with Gasteiger partial charge in [-0.15, -0.1) is 0 Å². The number of hydrogen-bond donors (Lipinski definition) is 0. The summed E-state index contributed by atoms with van der Waals surface area (Å²) >= 11 is 0. The minimum Gasteiger partial charge on any atom is -0.486 e. The lowest BCUT2D eigenvalue weighted by Gasteiger charge is -2.19. The Bertz CT molecular complexity index is 705. The molecule has 0 saturated heterocycles. The number of aromatic amines is 1. The Hall–Kier alpha value is -2.83. The van der Waals surface area contributed by atoms with Gasteiger partial charge in [0.15, 0.2) is 11.5 Å². The van der Waals surface area contributed by atoms with Gasteiger partial charge in [-0.3, -0.25) is 15.0 Å². The summed E-state index contributed by atoms with van der Waals surface area (Å²) in [4.78, 5) is 15.4. The van der Waals surface area contributed by atoms with E-state index in [0.29, 0.717) is 31.3 Å². The molecule has 0 spiro atoms. The van der Waals surface area contributed by atoms with Crippen LogP contribution in [0.5, 0.6) is 11.5 Å². The third-order valence-corrected chi connectivity index (χ3v) is 3.42. The molecule has 0 aliphatic carbocycles. The van der Waals surface area contributed by atoms with Crippen molar-refractivity contribution in [2.24, 2.45) is 0 Å². The van der Waals surface area contributed by atoms with E-state index >= 15 is 0 Å². The van der Waals surface area contributed by atoms with Crippen molar-refractivity contribution < 1.29 is 19.4 Å². The first kappa shape index (κ1) is 14.1. The lowest BCUT2D eigenvalue weighted by Crippen LogP contribution is -2.25. The molecule has 0 radical (unpaired) electrons. The average molecular weight is 302 g/mol. The molecule has 7 nitrogen and oxygen atoms in total. The highest BCUT2D eigenvalue weighted by atomic mass is 16.6. The van der Waals surface area contributed by atoms with Gasteiger partial charge in [0.05, 0.1) is 18.2 Å². The lowest BCUT2D eigenvalue weighted by molar-refractivity contribution is -0.411. The molecule has 0 bridgehead atoms. The summed E-state index contributed by atoms with van der Waals surface area (Å²) in [5, 5.41) is 11.1. The molecule has 1 aliphatic rings. The lowest BCUT2D eigenvalue weighted by atomic mass is 10.2. The van der Waals surface area contributed by atoms with Crippen LogP contribution in [0.1, 0.15) is 5.56 Å². The van der Waals surface area contributed by atoms with Crippen molar-refractivity contribution in [1.29, 1.82) is 0 Å². The molecule has 2 heterocycles. The van der Waals surface area contributed by atoms with Gasteiger partial charge in [-0.2, -0.15) is 0 Å². The molecule has 114 valence electrons. The van der Waals surface area contributed by atoms with E-state index in [4.69, 9.17) is 9.47 Å². The fourth-order valence-corrected chi connectivity index (χ4v) is 2.41. The summed E-state index contributed by atoms with van der Waals surface area (Å²) in [7, 11) is 1.80. The van der Waals surface area contributed by atoms with Crippen molar-refractivity contribution in [3.8, 4) is 11.5 Å². The number of aromatic nitrogens is 1. The fourth-order valence-electron chi connectivity index (χ4n) is 2.41. The van der Waals surface area contributed by atoms with Crippen LogP contribution in [0, 0.1) is 10.1 Å². The van der Waals surface area contributed by atoms with Crippen molar-refractivity contribution in [3.63, 3.8) is 0 Å². The largest absolute Gasteiger partial charge is 0.486 e. The zero-order chi connectivity index (χ0) is 15.5. The average Bonchev–Trinajstić information content (AvgIpc) is 2.54. The Morgan fingerprint density at radius 3 is 2.82 bits per heavy atom. The van der Waals surface area contributed by atoms with Crippen LogP contribution in [-0.4, -0.2) is 25.2 Å². The Morgan fingerprint density at radius 1 is 1.27 bits per heavy atom. The van der Waals surface area contributed by atoms with Crippen molar-refractivity contribution in [2.75, 3.05) is 25.2 Å². The summed E-state index contributed by atoms with van der Waals surface area (Å²) in [6.07, 6.45) is 1.67. The van der Waals surface area contributed by atoms with Crippen LogP contribution >= 0.6 is 0 Å². The summed E-state index contributed by atoms with van der Waals surface area (Å²) in [6, 6.07) is 8.78. The standard InChI is InChI=1S/C15H15N3O4/c1-17(15-12(18(19)20)3-2-6-16-15)10-11-4-5-13-14(9-11)22-8-7-21-13/h2-6,9H,7-8,10H2,1H3/p+1. The fraction of sp³-hybridized carbons (Fsp3) is 0.267. The van der Waals surface area contributed by atoms with E-state index in [-0.39, 0.29) is 5.69 Å². The first-order valence-corrected chi connectivity index (χ1v) is 6.90. The maximum Gasteiger partial charge on any atom is 0.357 e. The number of H-pyrrole nitrogens is 1. The number of nitrogens with one attached hydrogen (secondary N) is 1. The number of nitrogens with zero attached hydrogens (tertiary/aromatic N) is 2. The molecule has 0 saturated carbocycles. The molecule has 0 amide bonds. The number of hydrogen-bond acceptors (Lipinski definition) is 5. The minimum absolute atomic E-state index is 0.0440. The SMILES string of the molecule is CN(Cc1ccc2c(c1)OCCO2)c1[nH+]cccc1[N+](=O)[O-]. The van der Waals surface area contributed by atoms with Crippen LogP contribution in [0.15, 0.2) is 36.5 Å². The van der Waals surface area contributed by atoms with Crippen molar-refractivity contribution in [2.45, 2.75) is 6.54 Å². The van der Waals surface area contributed by atoms with E-state index in [2.05, 4.69) is 4.98 Å². The number of anilines is 1. The van der Waals surface area contributed by atoms with Crippen LogP contribution < -0.4 is 19.4 Å². The van der Waals surface area contributed by atoms with E-state index in [1.54, 1.807) is 24.2 Å². The van der Waals surface area contributed by atoms with E-state index in [0.717, 1.165) is 11.3 Å². The third-order valence-electron chi connectivity index (χ3n) is 3.42. The molecular weight excluding hydrogens is 286 g/mol. The summed E-state index contributed by atoms with van der Waals surface area (Å²) in [5.74, 6) is 1.90. The molecule has 1 aliphatic heterocycles. The van der Waals surface area contributed by atoms with Gasteiger partial charge in [-0.05, 0) is 23.8 Å². The predicted octanol–water partition coefficient (Wildman–Crippen LogP) is 1.82. The highest BCUT2D eigenvalue weighted by Gasteiger charge is 2.25. The molecule has 3 rings (SSSR count). The van der Waals surface area contributed by atoms with Gasteiger partial charge in [0, 0.05) is 6.07 Å². The Kier molecular flexibility index (Phi) is 3.78. The molecule has 22 heavy (non-hydrogen) atoms. The first-order valence-electron chi connectivity index (χ1n) is 6.90. The zero-order valence-electron chi connectivity index (χ0n) is 12.1. The predicted molar refractivity (Wildman–Crippen MR) is 79.2 cm³/mol. The Balaban J connectivity index is 1.83.